The first kappa shape index (κ1) is 24.5. The molecular formula is C30H42N2. The zero-order valence-corrected chi connectivity index (χ0v) is 20.5. The standard InChI is InChI=1S/C30H42N2/c1-6-16-27-29(32(4)5)23-28(24-17-10-7-11-18-24)26(21-14-9-15-22-31(2)3)30(27)25-19-12-8-13-20-25/h6-8,10-14,17-21,26-30H,1,9,15-16,22-23H2,2-5H3/b21-14+. The van der Waals surface area contributed by atoms with Crippen molar-refractivity contribution in [1.82, 2.24) is 9.80 Å². The van der Waals surface area contributed by atoms with Crippen LogP contribution < -0.4 is 0 Å². The summed E-state index contributed by atoms with van der Waals surface area (Å²) in [7, 11) is 8.82. The van der Waals surface area contributed by atoms with Gasteiger partial charge in [0.2, 0.25) is 0 Å². The highest BCUT2D eigenvalue weighted by Crippen LogP contribution is 2.52. The summed E-state index contributed by atoms with van der Waals surface area (Å²) in [4.78, 5) is 4.73. The SMILES string of the molecule is C=CCC1C(c2ccccc2)C(/C=C/CCCN(C)C)C(c2ccccc2)CC1N(C)C. The van der Waals surface area contributed by atoms with Gasteiger partial charge in [-0.3, -0.25) is 0 Å². The summed E-state index contributed by atoms with van der Waals surface area (Å²) in [6.07, 6.45) is 11.7. The predicted molar refractivity (Wildman–Crippen MR) is 139 cm³/mol. The molecule has 1 saturated carbocycles. The van der Waals surface area contributed by atoms with E-state index in [9.17, 15) is 0 Å². The van der Waals surface area contributed by atoms with Gasteiger partial charge < -0.3 is 9.80 Å². The number of hydrogen-bond acceptors (Lipinski definition) is 2. The molecule has 0 amide bonds. The fourth-order valence-corrected chi connectivity index (χ4v) is 5.69. The number of allylic oxidation sites excluding steroid dienone is 3. The summed E-state index contributed by atoms with van der Waals surface area (Å²) < 4.78 is 0. The summed E-state index contributed by atoms with van der Waals surface area (Å²) >= 11 is 0. The van der Waals surface area contributed by atoms with Gasteiger partial charge in [0.1, 0.15) is 0 Å². The van der Waals surface area contributed by atoms with Crippen molar-refractivity contribution in [3.63, 3.8) is 0 Å². The van der Waals surface area contributed by atoms with E-state index in [0.717, 1.165) is 19.4 Å². The molecule has 0 saturated heterocycles. The lowest BCUT2D eigenvalue weighted by Gasteiger charge is -2.49. The van der Waals surface area contributed by atoms with Gasteiger partial charge in [0.15, 0.2) is 0 Å². The lowest BCUT2D eigenvalue weighted by atomic mass is 9.59. The molecule has 1 aliphatic rings. The summed E-state index contributed by atoms with van der Waals surface area (Å²) in [6, 6.07) is 23.0. The third-order valence-electron chi connectivity index (χ3n) is 7.18. The second-order valence-corrected chi connectivity index (χ2v) is 9.86. The van der Waals surface area contributed by atoms with E-state index in [4.69, 9.17) is 0 Å². The van der Waals surface area contributed by atoms with Crippen molar-refractivity contribution in [3.05, 3.63) is 96.6 Å². The molecule has 5 atom stereocenters. The predicted octanol–water partition coefficient (Wildman–Crippen LogP) is 6.59. The highest BCUT2D eigenvalue weighted by atomic mass is 15.1. The molecule has 3 rings (SSSR count). The highest BCUT2D eigenvalue weighted by molar-refractivity contribution is 5.31. The fraction of sp³-hybridized carbons (Fsp3) is 0.467. The average Bonchev–Trinajstić information content (AvgIpc) is 2.79. The molecule has 2 aromatic carbocycles. The lowest BCUT2D eigenvalue weighted by molar-refractivity contribution is 0.0972. The van der Waals surface area contributed by atoms with Crippen molar-refractivity contribution in [2.75, 3.05) is 34.7 Å². The molecule has 2 nitrogen and oxygen atoms in total. The molecule has 0 bridgehead atoms. The summed E-state index contributed by atoms with van der Waals surface area (Å²) in [5, 5.41) is 0. The van der Waals surface area contributed by atoms with Gasteiger partial charge in [0.25, 0.3) is 0 Å². The Labute approximate surface area is 196 Å². The Bertz CT molecular complexity index is 824. The Morgan fingerprint density at radius 2 is 1.53 bits per heavy atom. The van der Waals surface area contributed by atoms with Crippen LogP contribution in [0.2, 0.25) is 0 Å². The first-order chi connectivity index (χ1) is 15.5. The van der Waals surface area contributed by atoms with E-state index in [1.807, 2.05) is 0 Å². The summed E-state index contributed by atoms with van der Waals surface area (Å²) in [6.45, 7) is 5.28. The quantitative estimate of drug-likeness (QED) is 0.310. The van der Waals surface area contributed by atoms with Crippen LogP contribution in [0.25, 0.3) is 0 Å². The normalized spacial score (nSPS) is 26.1. The molecule has 5 unspecified atom stereocenters. The minimum Gasteiger partial charge on any atom is -0.309 e. The second-order valence-electron chi connectivity index (χ2n) is 9.86. The third kappa shape index (κ3) is 6.21. The van der Waals surface area contributed by atoms with Gasteiger partial charge in [-0.05, 0) is 95.2 Å². The van der Waals surface area contributed by atoms with Crippen LogP contribution in [-0.2, 0) is 0 Å². The van der Waals surface area contributed by atoms with Crippen molar-refractivity contribution in [1.29, 1.82) is 0 Å². The van der Waals surface area contributed by atoms with E-state index in [0.29, 0.717) is 29.7 Å². The Balaban J connectivity index is 2.02. The van der Waals surface area contributed by atoms with Crippen molar-refractivity contribution in [2.24, 2.45) is 11.8 Å². The molecule has 1 fully saturated rings. The Morgan fingerprint density at radius 1 is 0.906 bits per heavy atom. The van der Waals surface area contributed by atoms with Gasteiger partial charge in [0.05, 0.1) is 0 Å². The van der Waals surface area contributed by atoms with E-state index >= 15 is 0 Å². The highest BCUT2D eigenvalue weighted by Gasteiger charge is 2.44. The first-order valence-corrected chi connectivity index (χ1v) is 12.2. The van der Waals surface area contributed by atoms with Crippen LogP contribution in [0.5, 0.6) is 0 Å². The smallest absolute Gasteiger partial charge is 0.0132 e. The number of rotatable bonds is 10. The van der Waals surface area contributed by atoms with Crippen molar-refractivity contribution < 1.29 is 0 Å². The van der Waals surface area contributed by atoms with Crippen LogP contribution in [-0.4, -0.2) is 50.6 Å². The lowest BCUT2D eigenvalue weighted by Crippen LogP contribution is -2.46. The van der Waals surface area contributed by atoms with Gasteiger partial charge >= 0.3 is 0 Å². The van der Waals surface area contributed by atoms with E-state index in [1.54, 1.807) is 0 Å². The Kier molecular flexibility index (Phi) is 9.32. The molecule has 0 heterocycles. The van der Waals surface area contributed by atoms with Crippen LogP contribution in [0.3, 0.4) is 0 Å². The zero-order valence-electron chi connectivity index (χ0n) is 20.5. The van der Waals surface area contributed by atoms with Crippen molar-refractivity contribution in [2.45, 2.75) is 43.6 Å². The molecule has 0 spiro atoms. The number of unbranched alkanes of at least 4 members (excludes halogenated alkanes) is 1. The van der Waals surface area contributed by atoms with Crippen LogP contribution >= 0.6 is 0 Å². The Morgan fingerprint density at radius 3 is 2.09 bits per heavy atom. The van der Waals surface area contributed by atoms with Gasteiger partial charge in [-0.1, -0.05) is 78.9 Å². The largest absolute Gasteiger partial charge is 0.309 e. The molecule has 0 N–H and O–H groups in total. The van der Waals surface area contributed by atoms with Crippen LogP contribution in [0.4, 0.5) is 0 Å². The molecule has 2 aromatic rings. The van der Waals surface area contributed by atoms with E-state index < -0.39 is 0 Å². The maximum atomic E-state index is 4.14. The minimum atomic E-state index is 0.477. The van der Waals surface area contributed by atoms with Crippen molar-refractivity contribution >= 4 is 0 Å². The molecule has 32 heavy (non-hydrogen) atoms. The summed E-state index contributed by atoms with van der Waals surface area (Å²) in [5.74, 6) is 2.03. The third-order valence-corrected chi connectivity index (χ3v) is 7.18. The van der Waals surface area contributed by atoms with E-state index in [-0.39, 0.29) is 0 Å². The topological polar surface area (TPSA) is 6.48 Å². The van der Waals surface area contributed by atoms with Gasteiger partial charge in [-0.2, -0.15) is 0 Å². The average molecular weight is 431 g/mol. The van der Waals surface area contributed by atoms with Gasteiger partial charge in [0, 0.05) is 6.04 Å². The number of hydrogen-bond donors (Lipinski definition) is 0. The first-order valence-electron chi connectivity index (χ1n) is 12.2. The number of nitrogens with zero attached hydrogens (tertiary/aromatic N) is 2. The molecule has 1 aliphatic carbocycles. The Hall–Kier alpha value is -2.16. The van der Waals surface area contributed by atoms with Crippen LogP contribution in [0, 0.1) is 11.8 Å². The molecular weight excluding hydrogens is 388 g/mol. The fourth-order valence-electron chi connectivity index (χ4n) is 5.69. The molecule has 0 aromatic heterocycles. The van der Waals surface area contributed by atoms with Crippen LogP contribution in [0.1, 0.15) is 48.6 Å². The molecule has 2 heteroatoms. The van der Waals surface area contributed by atoms with Gasteiger partial charge in [-0.15, -0.1) is 6.58 Å². The molecule has 0 aliphatic heterocycles. The maximum absolute atomic E-state index is 4.14. The monoisotopic (exact) mass is 430 g/mol. The van der Waals surface area contributed by atoms with Gasteiger partial charge in [-0.25, -0.2) is 0 Å². The molecule has 172 valence electrons. The number of benzene rings is 2. The summed E-state index contributed by atoms with van der Waals surface area (Å²) in [5.41, 5.74) is 2.94. The minimum absolute atomic E-state index is 0.477. The molecule has 0 radical (unpaired) electrons. The maximum Gasteiger partial charge on any atom is 0.0132 e. The van der Waals surface area contributed by atoms with E-state index in [1.165, 1.54) is 24.0 Å². The van der Waals surface area contributed by atoms with Crippen LogP contribution in [0.15, 0.2) is 85.5 Å². The van der Waals surface area contributed by atoms with E-state index in [2.05, 4.69) is 123 Å². The second kappa shape index (κ2) is 12.2. The van der Waals surface area contributed by atoms with Crippen molar-refractivity contribution in [3.8, 4) is 0 Å². The zero-order chi connectivity index (χ0) is 22.9.